The number of halogens is 1. The van der Waals surface area contributed by atoms with Crippen LogP contribution in [-0.2, 0) is 6.54 Å². The first-order valence-electron chi connectivity index (χ1n) is 10.4. The monoisotopic (exact) mass is 399 g/mol. The maximum Gasteiger partial charge on any atom is 0.127 e. The van der Waals surface area contributed by atoms with Gasteiger partial charge < -0.3 is 5.32 Å². The molecule has 1 aliphatic heterocycles. The van der Waals surface area contributed by atoms with E-state index in [2.05, 4.69) is 71.7 Å². The Labute approximate surface area is 177 Å². The second-order valence-corrected chi connectivity index (χ2v) is 8.12. The van der Waals surface area contributed by atoms with Gasteiger partial charge in [0.25, 0.3) is 0 Å². The first-order valence-corrected chi connectivity index (χ1v) is 10.4. The number of nitriles is 1. The SMILES string of the molecule is Cc1ccccc1-c1cccc(CN2CCC(C#N)(Nc3cccc(F)c3)CC2)c1. The van der Waals surface area contributed by atoms with Crippen LogP contribution in [0.2, 0.25) is 0 Å². The Bertz CT molecular complexity index is 1060. The lowest BCUT2D eigenvalue weighted by atomic mass is 9.88. The lowest BCUT2D eigenvalue weighted by Crippen LogP contribution is -2.48. The third-order valence-electron chi connectivity index (χ3n) is 5.92. The fraction of sp³-hybridized carbons (Fsp3) is 0.269. The van der Waals surface area contributed by atoms with Gasteiger partial charge >= 0.3 is 0 Å². The number of anilines is 1. The highest BCUT2D eigenvalue weighted by molar-refractivity contribution is 5.67. The van der Waals surface area contributed by atoms with Gasteiger partial charge in [-0.1, -0.05) is 48.5 Å². The summed E-state index contributed by atoms with van der Waals surface area (Å²) < 4.78 is 13.5. The molecule has 1 saturated heterocycles. The van der Waals surface area contributed by atoms with Crippen LogP contribution in [0.4, 0.5) is 10.1 Å². The van der Waals surface area contributed by atoms with Gasteiger partial charge in [-0.3, -0.25) is 4.90 Å². The Morgan fingerprint density at radius 1 is 1.00 bits per heavy atom. The number of benzene rings is 3. The molecule has 1 N–H and O–H groups in total. The van der Waals surface area contributed by atoms with Crippen molar-refractivity contribution in [3.63, 3.8) is 0 Å². The van der Waals surface area contributed by atoms with Crippen LogP contribution in [0.3, 0.4) is 0 Å². The van der Waals surface area contributed by atoms with Crippen molar-refractivity contribution in [3.8, 4) is 17.2 Å². The number of aryl methyl sites for hydroxylation is 1. The molecule has 0 aromatic heterocycles. The van der Waals surface area contributed by atoms with Crippen molar-refractivity contribution in [2.24, 2.45) is 0 Å². The molecule has 0 radical (unpaired) electrons. The minimum atomic E-state index is -0.646. The molecule has 152 valence electrons. The highest BCUT2D eigenvalue weighted by Crippen LogP contribution is 2.29. The van der Waals surface area contributed by atoms with E-state index in [9.17, 15) is 9.65 Å². The number of hydrogen-bond donors (Lipinski definition) is 1. The predicted octanol–water partition coefficient (Wildman–Crippen LogP) is 5.77. The summed E-state index contributed by atoms with van der Waals surface area (Å²) in [7, 11) is 0. The number of hydrogen-bond acceptors (Lipinski definition) is 3. The molecule has 30 heavy (non-hydrogen) atoms. The third kappa shape index (κ3) is 4.53. The summed E-state index contributed by atoms with van der Waals surface area (Å²) in [5.74, 6) is -0.293. The number of piperidine rings is 1. The molecule has 4 heteroatoms. The molecule has 1 fully saturated rings. The van der Waals surface area contributed by atoms with E-state index in [-0.39, 0.29) is 5.82 Å². The molecule has 0 saturated carbocycles. The summed E-state index contributed by atoms with van der Waals surface area (Å²) in [5, 5.41) is 13.1. The van der Waals surface area contributed by atoms with Crippen LogP contribution in [0.1, 0.15) is 24.0 Å². The molecule has 3 aromatic carbocycles. The van der Waals surface area contributed by atoms with E-state index in [0.29, 0.717) is 18.5 Å². The van der Waals surface area contributed by atoms with Crippen LogP contribution < -0.4 is 5.32 Å². The number of rotatable bonds is 5. The lowest BCUT2D eigenvalue weighted by Gasteiger charge is -2.38. The van der Waals surface area contributed by atoms with Crippen molar-refractivity contribution < 1.29 is 4.39 Å². The van der Waals surface area contributed by atoms with Gasteiger partial charge in [-0.25, -0.2) is 4.39 Å². The molecular formula is C26H26FN3. The second-order valence-electron chi connectivity index (χ2n) is 8.12. The number of nitrogens with zero attached hydrogens (tertiary/aromatic N) is 2. The predicted molar refractivity (Wildman–Crippen MR) is 119 cm³/mol. The highest BCUT2D eigenvalue weighted by Gasteiger charge is 2.34. The van der Waals surface area contributed by atoms with Crippen LogP contribution in [0.5, 0.6) is 0 Å². The topological polar surface area (TPSA) is 39.1 Å². The van der Waals surface area contributed by atoms with Crippen molar-refractivity contribution in [2.45, 2.75) is 31.8 Å². The molecular weight excluding hydrogens is 373 g/mol. The minimum absolute atomic E-state index is 0.293. The van der Waals surface area contributed by atoms with Crippen molar-refractivity contribution in [3.05, 3.63) is 89.7 Å². The summed E-state index contributed by atoms with van der Waals surface area (Å²) >= 11 is 0. The van der Waals surface area contributed by atoms with E-state index in [4.69, 9.17) is 0 Å². The zero-order chi connectivity index (χ0) is 21.0. The first-order chi connectivity index (χ1) is 14.6. The molecule has 4 rings (SSSR count). The maximum absolute atomic E-state index is 13.5. The van der Waals surface area contributed by atoms with E-state index in [1.165, 1.54) is 34.4 Å². The van der Waals surface area contributed by atoms with E-state index >= 15 is 0 Å². The lowest BCUT2D eigenvalue weighted by molar-refractivity contribution is 0.189. The van der Waals surface area contributed by atoms with Gasteiger partial charge in [0.2, 0.25) is 0 Å². The van der Waals surface area contributed by atoms with Gasteiger partial charge in [-0.15, -0.1) is 0 Å². The minimum Gasteiger partial charge on any atom is -0.367 e. The number of nitrogens with one attached hydrogen (secondary N) is 1. The van der Waals surface area contributed by atoms with Gasteiger partial charge in [0, 0.05) is 25.3 Å². The summed E-state index contributed by atoms with van der Waals surface area (Å²) in [4.78, 5) is 2.39. The Morgan fingerprint density at radius 3 is 2.50 bits per heavy atom. The molecule has 0 spiro atoms. The normalized spacial score (nSPS) is 16.0. The Balaban J connectivity index is 1.42. The van der Waals surface area contributed by atoms with E-state index in [0.717, 1.165) is 19.6 Å². The molecule has 1 heterocycles. The summed E-state index contributed by atoms with van der Waals surface area (Å²) in [5.41, 5.74) is 5.07. The zero-order valence-corrected chi connectivity index (χ0v) is 17.2. The van der Waals surface area contributed by atoms with Crippen LogP contribution in [0, 0.1) is 24.1 Å². The fourth-order valence-corrected chi connectivity index (χ4v) is 4.19. The van der Waals surface area contributed by atoms with E-state index < -0.39 is 5.54 Å². The van der Waals surface area contributed by atoms with Crippen molar-refractivity contribution >= 4 is 5.69 Å². The molecule has 1 aliphatic rings. The maximum atomic E-state index is 13.5. The molecule has 0 atom stereocenters. The summed E-state index contributed by atoms with van der Waals surface area (Å²) in [6, 6.07) is 25.9. The first kappa shape index (κ1) is 20.1. The largest absolute Gasteiger partial charge is 0.367 e. The average molecular weight is 400 g/mol. The van der Waals surface area contributed by atoms with Crippen LogP contribution in [0.25, 0.3) is 11.1 Å². The Morgan fingerprint density at radius 2 is 1.77 bits per heavy atom. The Hall–Kier alpha value is -3.16. The fourth-order valence-electron chi connectivity index (χ4n) is 4.19. The standard InChI is InChI=1S/C26H26FN3/c1-20-6-2-3-11-25(20)22-8-4-7-21(16-22)18-30-14-12-26(19-28,13-15-30)29-24-10-5-9-23(27)17-24/h2-11,16-17,29H,12-15,18H2,1H3. The molecule has 0 amide bonds. The quantitative estimate of drug-likeness (QED) is 0.592. The third-order valence-corrected chi connectivity index (χ3v) is 5.92. The van der Waals surface area contributed by atoms with Crippen LogP contribution >= 0.6 is 0 Å². The summed E-state index contributed by atoms with van der Waals surface area (Å²) in [6.07, 6.45) is 1.41. The molecule has 0 aliphatic carbocycles. The second kappa shape index (κ2) is 8.69. The highest BCUT2D eigenvalue weighted by atomic mass is 19.1. The van der Waals surface area contributed by atoms with Gasteiger partial charge in [0.1, 0.15) is 11.4 Å². The van der Waals surface area contributed by atoms with Crippen LogP contribution in [0.15, 0.2) is 72.8 Å². The molecule has 3 aromatic rings. The van der Waals surface area contributed by atoms with Crippen LogP contribution in [-0.4, -0.2) is 23.5 Å². The van der Waals surface area contributed by atoms with E-state index in [1.807, 2.05) is 6.07 Å². The molecule has 3 nitrogen and oxygen atoms in total. The van der Waals surface area contributed by atoms with Gasteiger partial charge in [-0.2, -0.15) is 5.26 Å². The van der Waals surface area contributed by atoms with Gasteiger partial charge in [0.15, 0.2) is 0 Å². The molecule has 0 unspecified atom stereocenters. The number of likely N-dealkylation sites (tertiary alicyclic amines) is 1. The van der Waals surface area contributed by atoms with E-state index in [1.54, 1.807) is 6.07 Å². The Kier molecular flexibility index (Phi) is 5.83. The van der Waals surface area contributed by atoms with Crippen molar-refractivity contribution in [1.82, 2.24) is 4.90 Å². The zero-order valence-electron chi connectivity index (χ0n) is 17.2. The van der Waals surface area contributed by atoms with Crippen molar-refractivity contribution in [1.29, 1.82) is 5.26 Å². The van der Waals surface area contributed by atoms with Gasteiger partial charge in [0.05, 0.1) is 6.07 Å². The molecule has 0 bridgehead atoms. The van der Waals surface area contributed by atoms with Gasteiger partial charge in [-0.05, 0) is 66.3 Å². The van der Waals surface area contributed by atoms with Crippen molar-refractivity contribution in [2.75, 3.05) is 18.4 Å². The summed E-state index contributed by atoms with van der Waals surface area (Å²) in [6.45, 7) is 4.65. The smallest absolute Gasteiger partial charge is 0.127 e. The average Bonchev–Trinajstić information content (AvgIpc) is 2.76.